The molecule has 0 radical (unpaired) electrons. The van der Waals surface area contributed by atoms with Gasteiger partial charge in [0.15, 0.2) is 0 Å². The lowest BCUT2D eigenvalue weighted by atomic mass is 10.1. The van der Waals surface area contributed by atoms with Gasteiger partial charge in [-0.1, -0.05) is 26.0 Å². The van der Waals surface area contributed by atoms with Crippen LogP contribution >= 0.6 is 0 Å². The number of carbonyl (C=O) groups excluding carboxylic acids is 3. The molecule has 1 heterocycles. The maximum atomic E-state index is 12.3. The maximum absolute atomic E-state index is 12.3. The van der Waals surface area contributed by atoms with Crippen molar-refractivity contribution < 1.29 is 23.5 Å². The van der Waals surface area contributed by atoms with Crippen molar-refractivity contribution in [3.63, 3.8) is 0 Å². The van der Waals surface area contributed by atoms with E-state index in [9.17, 15) is 14.4 Å². The molecule has 9 heteroatoms. The second-order valence-electron chi connectivity index (χ2n) is 7.81. The van der Waals surface area contributed by atoms with Gasteiger partial charge in [0.2, 0.25) is 11.8 Å². The first-order chi connectivity index (χ1) is 15.2. The van der Waals surface area contributed by atoms with Gasteiger partial charge < -0.3 is 30.4 Å². The standard InChI is InChI=1S/C23H32N4O5/c1-5-27(13-19-11-6-16(4)32-19)23(30)31-14-17-7-9-18(10-8-17)26-20(28)12-25-22(29)21(24)15(2)3/h6-11,15,21H,5,12-14,24H2,1-4H3,(H,25,29)(H,26,28). The molecule has 1 aromatic heterocycles. The van der Waals surface area contributed by atoms with Crippen LogP contribution < -0.4 is 16.4 Å². The van der Waals surface area contributed by atoms with Crippen molar-refractivity contribution in [3.8, 4) is 0 Å². The zero-order valence-electron chi connectivity index (χ0n) is 19.0. The number of anilines is 1. The molecule has 2 aromatic rings. The molecule has 3 amide bonds. The van der Waals surface area contributed by atoms with Crippen LogP contribution in [0.2, 0.25) is 0 Å². The van der Waals surface area contributed by atoms with E-state index >= 15 is 0 Å². The fraction of sp³-hybridized carbons (Fsp3) is 0.435. The number of hydrogen-bond acceptors (Lipinski definition) is 6. The Morgan fingerprint density at radius 1 is 1.12 bits per heavy atom. The summed E-state index contributed by atoms with van der Waals surface area (Å²) in [5.74, 6) is 0.746. The highest BCUT2D eigenvalue weighted by Crippen LogP contribution is 2.13. The Morgan fingerprint density at radius 3 is 2.38 bits per heavy atom. The summed E-state index contributed by atoms with van der Waals surface area (Å²) in [7, 11) is 0. The van der Waals surface area contributed by atoms with Gasteiger partial charge in [-0.2, -0.15) is 0 Å². The van der Waals surface area contributed by atoms with Crippen LogP contribution in [0, 0.1) is 12.8 Å². The van der Waals surface area contributed by atoms with Crippen LogP contribution in [0.5, 0.6) is 0 Å². The van der Waals surface area contributed by atoms with Crippen LogP contribution in [0.4, 0.5) is 10.5 Å². The molecule has 0 aliphatic heterocycles. The fourth-order valence-electron chi connectivity index (χ4n) is 2.78. The molecule has 0 saturated carbocycles. The van der Waals surface area contributed by atoms with E-state index in [-0.39, 0.29) is 30.9 Å². The Balaban J connectivity index is 1.78. The molecule has 0 bridgehead atoms. The van der Waals surface area contributed by atoms with Gasteiger partial charge in [0.1, 0.15) is 18.1 Å². The Labute approximate surface area is 188 Å². The molecule has 0 aliphatic rings. The minimum atomic E-state index is -0.656. The number of nitrogens with zero attached hydrogens (tertiary/aromatic N) is 1. The summed E-state index contributed by atoms with van der Waals surface area (Å²) in [5.41, 5.74) is 7.09. The molecule has 2 rings (SSSR count). The average molecular weight is 445 g/mol. The number of furan rings is 1. The highest BCUT2D eigenvalue weighted by atomic mass is 16.6. The summed E-state index contributed by atoms with van der Waals surface area (Å²) < 4.78 is 10.9. The highest BCUT2D eigenvalue weighted by Gasteiger charge is 2.18. The predicted molar refractivity (Wildman–Crippen MR) is 121 cm³/mol. The van der Waals surface area contributed by atoms with E-state index in [1.54, 1.807) is 29.2 Å². The molecule has 0 saturated heterocycles. The van der Waals surface area contributed by atoms with E-state index in [2.05, 4.69) is 10.6 Å². The number of aryl methyl sites for hydroxylation is 1. The van der Waals surface area contributed by atoms with Crippen molar-refractivity contribution in [2.45, 2.75) is 46.9 Å². The minimum Gasteiger partial charge on any atom is -0.464 e. The van der Waals surface area contributed by atoms with Crippen molar-refractivity contribution in [2.24, 2.45) is 11.7 Å². The third-order valence-electron chi connectivity index (χ3n) is 4.83. The Hall–Kier alpha value is -3.33. The lowest BCUT2D eigenvalue weighted by Crippen LogP contribution is -2.46. The average Bonchev–Trinajstić information content (AvgIpc) is 3.19. The van der Waals surface area contributed by atoms with Gasteiger partial charge in [-0.15, -0.1) is 0 Å². The zero-order valence-corrected chi connectivity index (χ0v) is 19.0. The number of rotatable bonds is 10. The van der Waals surface area contributed by atoms with E-state index in [0.717, 1.165) is 11.3 Å². The number of ether oxygens (including phenoxy) is 1. The van der Waals surface area contributed by atoms with Crippen LogP contribution in [0.25, 0.3) is 0 Å². The second-order valence-corrected chi connectivity index (χ2v) is 7.81. The topological polar surface area (TPSA) is 127 Å². The lowest BCUT2D eigenvalue weighted by Gasteiger charge is -2.19. The van der Waals surface area contributed by atoms with E-state index in [4.69, 9.17) is 14.9 Å². The summed E-state index contributed by atoms with van der Waals surface area (Å²) in [6.45, 7) is 8.15. The maximum Gasteiger partial charge on any atom is 0.410 e. The van der Waals surface area contributed by atoms with Crippen LogP contribution in [0.3, 0.4) is 0 Å². The number of amides is 3. The third kappa shape index (κ3) is 7.73. The molecular weight excluding hydrogens is 412 g/mol. The fourth-order valence-corrected chi connectivity index (χ4v) is 2.78. The quantitative estimate of drug-likeness (QED) is 0.517. The van der Waals surface area contributed by atoms with E-state index in [1.807, 2.05) is 39.8 Å². The number of nitrogens with two attached hydrogens (primary N) is 1. The molecule has 32 heavy (non-hydrogen) atoms. The third-order valence-corrected chi connectivity index (χ3v) is 4.83. The molecule has 1 aromatic carbocycles. The Kier molecular flexibility index (Phi) is 9.27. The number of hydrogen-bond donors (Lipinski definition) is 3. The van der Waals surface area contributed by atoms with Gasteiger partial charge in [-0.05, 0) is 49.6 Å². The van der Waals surface area contributed by atoms with Crippen molar-refractivity contribution >= 4 is 23.6 Å². The molecule has 9 nitrogen and oxygen atoms in total. The summed E-state index contributed by atoms with van der Waals surface area (Å²) in [6, 6.07) is 9.94. The van der Waals surface area contributed by atoms with Crippen LogP contribution in [-0.2, 0) is 27.5 Å². The van der Waals surface area contributed by atoms with Gasteiger partial charge in [-0.25, -0.2) is 4.79 Å². The second kappa shape index (κ2) is 11.9. The van der Waals surface area contributed by atoms with Crippen molar-refractivity contribution in [2.75, 3.05) is 18.4 Å². The molecular formula is C23H32N4O5. The van der Waals surface area contributed by atoms with E-state index < -0.39 is 12.1 Å². The SMILES string of the molecule is CCN(Cc1ccc(C)o1)C(=O)OCc1ccc(NC(=O)CNC(=O)C(N)C(C)C)cc1. The van der Waals surface area contributed by atoms with Crippen LogP contribution in [-0.4, -0.2) is 41.9 Å². The van der Waals surface area contributed by atoms with Crippen molar-refractivity contribution in [1.29, 1.82) is 0 Å². The van der Waals surface area contributed by atoms with Gasteiger partial charge in [0.25, 0.3) is 0 Å². The molecule has 0 fully saturated rings. The first kappa shape index (κ1) is 24.9. The monoisotopic (exact) mass is 444 g/mol. The smallest absolute Gasteiger partial charge is 0.410 e. The number of nitrogens with one attached hydrogen (secondary N) is 2. The van der Waals surface area contributed by atoms with Crippen molar-refractivity contribution in [1.82, 2.24) is 10.2 Å². The molecule has 0 aliphatic carbocycles. The first-order valence-corrected chi connectivity index (χ1v) is 10.6. The van der Waals surface area contributed by atoms with Gasteiger partial charge in [0, 0.05) is 12.2 Å². The molecule has 0 spiro atoms. The molecule has 4 N–H and O–H groups in total. The van der Waals surface area contributed by atoms with Crippen LogP contribution in [0.15, 0.2) is 40.8 Å². The molecule has 1 unspecified atom stereocenters. The zero-order chi connectivity index (χ0) is 23.7. The number of carbonyl (C=O) groups is 3. The normalized spacial score (nSPS) is 11.7. The summed E-state index contributed by atoms with van der Waals surface area (Å²) in [4.78, 5) is 37.7. The number of benzene rings is 1. The van der Waals surface area contributed by atoms with Crippen LogP contribution in [0.1, 0.15) is 37.9 Å². The lowest BCUT2D eigenvalue weighted by molar-refractivity contribution is -0.125. The molecule has 174 valence electrons. The first-order valence-electron chi connectivity index (χ1n) is 10.6. The summed E-state index contributed by atoms with van der Waals surface area (Å²) >= 11 is 0. The largest absolute Gasteiger partial charge is 0.464 e. The highest BCUT2D eigenvalue weighted by molar-refractivity contribution is 5.95. The van der Waals surface area contributed by atoms with Gasteiger partial charge in [-0.3, -0.25) is 9.59 Å². The van der Waals surface area contributed by atoms with Gasteiger partial charge >= 0.3 is 6.09 Å². The summed E-state index contributed by atoms with van der Waals surface area (Å²) in [6.07, 6.45) is -0.436. The molecule has 1 atom stereocenters. The van der Waals surface area contributed by atoms with E-state index in [0.29, 0.717) is 24.5 Å². The minimum absolute atomic E-state index is 0.0153. The van der Waals surface area contributed by atoms with Crippen molar-refractivity contribution in [3.05, 3.63) is 53.5 Å². The summed E-state index contributed by atoms with van der Waals surface area (Å²) in [5, 5.41) is 5.21. The predicted octanol–water partition coefficient (Wildman–Crippen LogP) is 2.78. The Morgan fingerprint density at radius 2 is 1.81 bits per heavy atom. The Bertz CT molecular complexity index is 907. The van der Waals surface area contributed by atoms with E-state index in [1.165, 1.54) is 0 Å². The van der Waals surface area contributed by atoms with Gasteiger partial charge in [0.05, 0.1) is 19.1 Å².